The first kappa shape index (κ1) is 18.4. The van der Waals surface area contributed by atoms with Crippen molar-refractivity contribution in [1.82, 2.24) is 0 Å². The lowest BCUT2D eigenvalue weighted by molar-refractivity contribution is -0.128. The molecule has 0 bridgehead atoms. The Balaban J connectivity index is 1.86. The van der Waals surface area contributed by atoms with E-state index in [4.69, 9.17) is 9.15 Å². The number of hydrogen-bond donors (Lipinski definition) is 5. The summed E-state index contributed by atoms with van der Waals surface area (Å²) in [5.74, 6) is 0.348. The molecule has 0 aliphatic heterocycles. The van der Waals surface area contributed by atoms with Crippen molar-refractivity contribution in [3.63, 3.8) is 0 Å². The predicted octanol–water partition coefficient (Wildman–Crippen LogP) is -0.0586. The van der Waals surface area contributed by atoms with Crippen LogP contribution in [0.5, 0.6) is 11.5 Å². The maximum absolute atomic E-state index is 12.3. The molecule has 3 rings (SSSR count). The normalized spacial score (nSPS) is 25.0. The number of ether oxygens (including phenoxy) is 1. The average molecular weight is 364 g/mol. The van der Waals surface area contributed by atoms with Crippen molar-refractivity contribution < 1.29 is 34.7 Å². The van der Waals surface area contributed by atoms with Crippen LogP contribution in [0.3, 0.4) is 0 Å². The molecule has 140 valence electrons. The number of aryl methyl sites for hydroxylation is 2. The summed E-state index contributed by atoms with van der Waals surface area (Å²) in [7, 11) is 1.45. The number of phenols is 1. The van der Waals surface area contributed by atoms with Gasteiger partial charge in [0.25, 0.3) is 0 Å². The van der Waals surface area contributed by atoms with E-state index >= 15 is 0 Å². The second-order valence-electron chi connectivity index (χ2n) is 6.23. The van der Waals surface area contributed by atoms with Crippen LogP contribution < -0.4 is 10.2 Å². The van der Waals surface area contributed by atoms with Gasteiger partial charge in [-0.05, 0) is 24.1 Å². The highest BCUT2D eigenvalue weighted by Crippen LogP contribution is 2.35. The average Bonchev–Trinajstić information content (AvgIpc) is 2.62. The topological polar surface area (TPSA) is 141 Å². The number of aliphatic hydroxyl groups excluding tert-OH is 4. The fourth-order valence-corrected chi connectivity index (χ4v) is 3.06. The minimum absolute atomic E-state index is 0.00690. The Kier molecular flexibility index (Phi) is 5.01. The molecule has 0 fully saturated rings. The molecule has 0 saturated heterocycles. The standard InChI is InChI=1S/C18H20O8/c1-25-12-5-3-8(6-10(12)19)2-4-9-7-11(20)13-14(21)15(22)16(23)17(24)18(13)26-9/h3,5-7,14-17,19,21-24H,2,4H2,1H3/t14-,15+,16+,17-/m1/s1. The Bertz CT molecular complexity index is 859. The van der Waals surface area contributed by atoms with E-state index in [9.17, 15) is 30.3 Å². The SMILES string of the molecule is COc1ccc(CCc2cc(=O)c3c(o2)[C@H](O)[C@@H](O)[C@@H](O)[C@@H]3O)cc1O. The molecule has 1 aliphatic carbocycles. The van der Waals surface area contributed by atoms with E-state index in [2.05, 4.69) is 0 Å². The molecule has 5 N–H and O–H groups in total. The summed E-state index contributed by atoms with van der Waals surface area (Å²) >= 11 is 0. The molecule has 0 spiro atoms. The fourth-order valence-electron chi connectivity index (χ4n) is 3.06. The maximum Gasteiger partial charge on any atom is 0.191 e. The first-order chi connectivity index (χ1) is 12.3. The second kappa shape index (κ2) is 7.08. The first-order valence-corrected chi connectivity index (χ1v) is 8.08. The fraction of sp³-hybridized carbons (Fsp3) is 0.389. The van der Waals surface area contributed by atoms with E-state index < -0.39 is 29.8 Å². The highest BCUT2D eigenvalue weighted by molar-refractivity contribution is 5.41. The zero-order valence-electron chi connectivity index (χ0n) is 14.0. The molecule has 0 amide bonds. The van der Waals surface area contributed by atoms with Gasteiger partial charge in [0.15, 0.2) is 16.9 Å². The van der Waals surface area contributed by atoms with E-state index in [1.807, 2.05) is 0 Å². The lowest BCUT2D eigenvalue weighted by Gasteiger charge is -2.32. The Morgan fingerprint density at radius 2 is 1.73 bits per heavy atom. The van der Waals surface area contributed by atoms with Gasteiger partial charge in [-0.1, -0.05) is 6.07 Å². The molecule has 1 aliphatic rings. The van der Waals surface area contributed by atoms with Crippen molar-refractivity contribution in [3.8, 4) is 11.5 Å². The van der Waals surface area contributed by atoms with Crippen molar-refractivity contribution >= 4 is 0 Å². The Hall–Kier alpha value is -2.39. The van der Waals surface area contributed by atoms with Crippen LogP contribution in [-0.4, -0.2) is 44.9 Å². The summed E-state index contributed by atoms with van der Waals surface area (Å²) in [5.41, 5.74) is -0.0582. The number of aromatic hydroxyl groups is 1. The quantitative estimate of drug-likeness (QED) is 0.508. The predicted molar refractivity (Wildman–Crippen MR) is 89.0 cm³/mol. The Morgan fingerprint density at radius 1 is 1.04 bits per heavy atom. The van der Waals surface area contributed by atoms with Gasteiger partial charge in [-0.25, -0.2) is 0 Å². The van der Waals surface area contributed by atoms with Crippen molar-refractivity contribution in [2.45, 2.75) is 37.3 Å². The summed E-state index contributed by atoms with van der Waals surface area (Å²) < 4.78 is 10.5. The minimum Gasteiger partial charge on any atom is -0.504 e. The number of aliphatic hydroxyl groups is 4. The number of fused-ring (bicyclic) bond motifs is 1. The van der Waals surface area contributed by atoms with E-state index in [1.165, 1.54) is 19.2 Å². The number of methoxy groups -OCH3 is 1. The lowest BCUT2D eigenvalue weighted by atomic mass is 9.87. The molecule has 26 heavy (non-hydrogen) atoms. The van der Waals surface area contributed by atoms with Crippen LogP contribution >= 0.6 is 0 Å². The van der Waals surface area contributed by atoms with Gasteiger partial charge in [0.05, 0.1) is 12.7 Å². The summed E-state index contributed by atoms with van der Waals surface area (Å²) in [5, 5.41) is 49.3. The molecule has 2 aromatic rings. The largest absolute Gasteiger partial charge is 0.504 e. The Morgan fingerprint density at radius 3 is 2.38 bits per heavy atom. The van der Waals surface area contributed by atoms with Crippen LogP contribution in [0.4, 0.5) is 0 Å². The molecular weight excluding hydrogens is 344 g/mol. The maximum atomic E-state index is 12.3. The van der Waals surface area contributed by atoms with Gasteiger partial charge < -0.3 is 34.7 Å². The molecule has 4 atom stereocenters. The highest BCUT2D eigenvalue weighted by atomic mass is 16.5. The van der Waals surface area contributed by atoms with Gasteiger partial charge in [-0.3, -0.25) is 4.79 Å². The van der Waals surface area contributed by atoms with Crippen molar-refractivity contribution in [2.24, 2.45) is 0 Å². The molecule has 8 nitrogen and oxygen atoms in total. The molecular formula is C18H20O8. The third-order valence-electron chi connectivity index (χ3n) is 4.53. The van der Waals surface area contributed by atoms with Crippen molar-refractivity contribution in [3.05, 3.63) is 57.1 Å². The molecule has 1 aromatic heterocycles. The van der Waals surface area contributed by atoms with Crippen LogP contribution in [0.2, 0.25) is 0 Å². The van der Waals surface area contributed by atoms with Gasteiger partial charge in [-0.2, -0.15) is 0 Å². The summed E-state index contributed by atoms with van der Waals surface area (Å²) in [4.78, 5) is 12.3. The second-order valence-corrected chi connectivity index (χ2v) is 6.23. The number of rotatable bonds is 4. The molecule has 1 aromatic carbocycles. The van der Waals surface area contributed by atoms with Gasteiger partial charge in [0.1, 0.15) is 35.9 Å². The van der Waals surface area contributed by atoms with Crippen molar-refractivity contribution in [1.29, 1.82) is 0 Å². The van der Waals surface area contributed by atoms with E-state index in [-0.39, 0.29) is 29.3 Å². The van der Waals surface area contributed by atoms with Crippen LogP contribution in [0, 0.1) is 0 Å². The summed E-state index contributed by atoms with van der Waals surface area (Å²) in [6, 6.07) is 6.09. The van der Waals surface area contributed by atoms with Gasteiger partial charge >= 0.3 is 0 Å². The van der Waals surface area contributed by atoms with Gasteiger partial charge in [-0.15, -0.1) is 0 Å². The van der Waals surface area contributed by atoms with Crippen LogP contribution in [-0.2, 0) is 12.8 Å². The number of hydrogen-bond acceptors (Lipinski definition) is 8. The first-order valence-electron chi connectivity index (χ1n) is 8.08. The third-order valence-corrected chi connectivity index (χ3v) is 4.53. The van der Waals surface area contributed by atoms with E-state index in [0.29, 0.717) is 12.2 Å². The molecule has 0 radical (unpaired) electrons. The molecule has 0 unspecified atom stereocenters. The van der Waals surface area contributed by atoms with Crippen LogP contribution in [0.15, 0.2) is 33.5 Å². The van der Waals surface area contributed by atoms with E-state index in [0.717, 1.165) is 5.56 Å². The van der Waals surface area contributed by atoms with E-state index in [1.54, 1.807) is 12.1 Å². The minimum atomic E-state index is -1.67. The molecule has 1 heterocycles. The Labute approximate surface area is 148 Å². The number of phenolic OH excluding ortho intramolecular Hbond substituents is 1. The number of benzene rings is 1. The van der Waals surface area contributed by atoms with Crippen LogP contribution in [0.25, 0.3) is 0 Å². The van der Waals surface area contributed by atoms with Gasteiger partial charge in [0, 0.05) is 12.5 Å². The lowest BCUT2D eigenvalue weighted by Crippen LogP contribution is -2.44. The monoisotopic (exact) mass is 364 g/mol. The summed E-state index contributed by atoms with van der Waals surface area (Å²) in [6.45, 7) is 0. The third kappa shape index (κ3) is 3.19. The van der Waals surface area contributed by atoms with Gasteiger partial charge in [0.2, 0.25) is 0 Å². The summed E-state index contributed by atoms with van der Waals surface area (Å²) in [6.07, 6.45) is -5.85. The molecule has 8 heteroatoms. The zero-order chi connectivity index (χ0) is 19.0. The van der Waals surface area contributed by atoms with Crippen molar-refractivity contribution in [2.75, 3.05) is 7.11 Å². The zero-order valence-corrected chi connectivity index (χ0v) is 14.0. The highest BCUT2D eigenvalue weighted by Gasteiger charge is 2.43. The molecule has 0 saturated carbocycles. The smallest absolute Gasteiger partial charge is 0.191 e. The van der Waals surface area contributed by atoms with Crippen LogP contribution in [0.1, 0.15) is 34.9 Å².